The molecule has 0 fully saturated rings. The van der Waals surface area contributed by atoms with E-state index in [1.807, 2.05) is 0 Å². The van der Waals surface area contributed by atoms with Crippen LogP contribution >= 0.6 is 0 Å². The van der Waals surface area contributed by atoms with Crippen LogP contribution < -0.4 is 0 Å². The Labute approximate surface area is 55.1 Å². The maximum atomic E-state index is 9.92. The van der Waals surface area contributed by atoms with Gasteiger partial charge in [0, 0.05) is 5.10 Å². The Hall–Kier alpha value is -1.50. The Morgan fingerprint density at radius 2 is 2.60 bits per heavy atom. The first-order valence-corrected chi connectivity index (χ1v) is 2.38. The van der Waals surface area contributed by atoms with Gasteiger partial charge in [-0.1, -0.05) is 4.98 Å². The van der Waals surface area contributed by atoms with Crippen LogP contribution in [0, 0.1) is 10.1 Å². The fraction of sp³-hybridized carbons (Fsp3) is 0.333. The number of nitro groups is 1. The van der Waals surface area contributed by atoms with Crippen LogP contribution in [0.15, 0.2) is 6.33 Å². The normalized spacial score (nSPS) is 9.70. The molecule has 0 amide bonds. The molecule has 0 saturated carbocycles. The van der Waals surface area contributed by atoms with Gasteiger partial charge in [-0.25, -0.2) is 0 Å². The predicted molar refractivity (Wildman–Crippen MR) is 28.9 cm³/mol. The molecule has 0 spiro atoms. The fourth-order valence-electron chi connectivity index (χ4n) is 0.437. The molecule has 0 bridgehead atoms. The van der Waals surface area contributed by atoms with Crippen molar-refractivity contribution in [1.29, 1.82) is 0 Å². The number of aliphatic hydroxyl groups is 1. The number of rotatable bonds is 2. The molecule has 0 aliphatic rings. The van der Waals surface area contributed by atoms with Crippen molar-refractivity contribution in [1.82, 2.24) is 14.8 Å². The third kappa shape index (κ3) is 1.08. The molecule has 1 heterocycles. The van der Waals surface area contributed by atoms with Crippen LogP contribution in [0.1, 0.15) is 0 Å². The van der Waals surface area contributed by atoms with Crippen molar-refractivity contribution in [3.63, 3.8) is 0 Å². The molecule has 7 heteroatoms. The van der Waals surface area contributed by atoms with E-state index >= 15 is 0 Å². The van der Waals surface area contributed by atoms with Crippen molar-refractivity contribution in [2.75, 3.05) is 0 Å². The average molecular weight is 144 g/mol. The summed E-state index contributed by atoms with van der Waals surface area (Å²) in [6.07, 6.45) is 1.08. The molecule has 1 rings (SSSR count). The molecule has 1 aromatic rings. The topological polar surface area (TPSA) is 94.1 Å². The molecular weight excluding hydrogens is 140 g/mol. The van der Waals surface area contributed by atoms with E-state index in [0.29, 0.717) is 0 Å². The highest BCUT2D eigenvalue weighted by Gasteiger charge is 2.11. The standard InChI is InChI=1S/C3H4N4O3/c8-2-6-1-4-3(5-6)7(9)10/h1,8H,2H2. The zero-order valence-corrected chi connectivity index (χ0v) is 4.84. The van der Waals surface area contributed by atoms with Gasteiger partial charge in [-0.2, -0.15) is 0 Å². The Morgan fingerprint density at radius 1 is 1.90 bits per heavy atom. The van der Waals surface area contributed by atoms with Gasteiger partial charge >= 0.3 is 5.95 Å². The van der Waals surface area contributed by atoms with Gasteiger partial charge in [0.25, 0.3) is 0 Å². The molecule has 0 radical (unpaired) electrons. The summed E-state index contributed by atoms with van der Waals surface area (Å²) in [4.78, 5) is 12.5. The molecule has 54 valence electrons. The zero-order chi connectivity index (χ0) is 7.56. The first-order chi connectivity index (χ1) is 4.74. The summed E-state index contributed by atoms with van der Waals surface area (Å²) in [5.41, 5.74) is 0. The van der Waals surface area contributed by atoms with E-state index in [2.05, 4.69) is 10.1 Å². The SMILES string of the molecule is O=[N+]([O-])c1ncn(CO)n1. The van der Waals surface area contributed by atoms with Gasteiger partial charge in [-0.15, -0.1) is 4.68 Å². The van der Waals surface area contributed by atoms with E-state index in [4.69, 9.17) is 5.11 Å². The lowest BCUT2D eigenvalue weighted by Gasteiger charge is -1.83. The molecule has 1 aromatic heterocycles. The lowest BCUT2D eigenvalue weighted by atomic mass is 11.1. The second-order valence-electron chi connectivity index (χ2n) is 1.48. The van der Waals surface area contributed by atoms with Crippen molar-refractivity contribution < 1.29 is 10.0 Å². The summed E-state index contributed by atoms with van der Waals surface area (Å²) < 4.78 is 0.956. The summed E-state index contributed by atoms with van der Waals surface area (Å²) in [7, 11) is 0. The van der Waals surface area contributed by atoms with E-state index in [0.717, 1.165) is 11.0 Å². The maximum Gasteiger partial charge on any atom is 0.491 e. The summed E-state index contributed by atoms with van der Waals surface area (Å²) in [5, 5.41) is 21.6. The van der Waals surface area contributed by atoms with Gasteiger partial charge in [0.2, 0.25) is 6.33 Å². The van der Waals surface area contributed by atoms with Crippen molar-refractivity contribution in [3.8, 4) is 0 Å². The van der Waals surface area contributed by atoms with Gasteiger partial charge in [0.1, 0.15) is 0 Å². The average Bonchev–Trinajstić information content (AvgIpc) is 2.34. The largest absolute Gasteiger partial charge is 0.491 e. The second-order valence-corrected chi connectivity index (χ2v) is 1.48. The molecule has 0 atom stereocenters. The molecule has 0 unspecified atom stereocenters. The minimum absolute atomic E-state index is 0.402. The highest BCUT2D eigenvalue weighted by atomic mass is 16.6. The molecule has 0 saturated heterocycles. The molecule has 1 N–H and O–H groups in total. The second kappa shape index (κ2) is 2.40. The highest BCUT2D eigenvalue weighted by Crippen LogP contribution is 1.97. The van der Waals surface area contributed by atoms with E-state index < -0.39 is 17.6 Å². The van der Waals surface area contributed by atoms with Crippen LogP contribution in [-0.4, -0.2) is 24.8 Å². The third-order valence-corrected chi connectivity index (χ3v) is 0.833. The van der Waals surface area contributed by atoms with Gasteiger partial charge < -0.3 is 15.2 Å². The molecule has 7 nitrogen and oxygen atoms in total. The molecule has 0 aliphatic carbocycles. The summed E-state index contributed by atoms with van der Waals surface area (Å²) >= 11 is 0. The number of hydrogen-bond acceptors (Lipinski definition) is 5. The van der Waals surface area contributed by atoms with Crippen molar-refractivity contribution in [2.45, 2.75) is 6.73 Å². The summed E-state index contributed by atoms with van der Waals surface area (Å²) in [6, 6.07) is 0. The van der Waals surface area contributed by atoms with Crippen molar-refractivity contribution in [3.05, 3.63) is 16.4 Å². The summed E-state index contributed by atoms with van der Waals surface area (Å²) in [5.74, 6) is -0.506. The minimum atomic E-state index is -0.730. The lowest BCUT2D eigenvalue weighted by molar-refractivity contribution is -0.394. The molecular formula is C3H4N4O3. The lowest BCUT2D eigenvalue weighted by Crippen LogP contribution is -1.97. The zero-order valence-electron chi connectivity index (χ0n) is 4.84. The van der Waals surface area contributed by atoms with Crippen LogP contribution in [0.3, 0.4) is 0 Å². The number of aromatic nitrogens is 3. The van der Waals surface area contributed by atoms with Gasteiger partial charge in [0.15, 0.2) is 6.73 Å². The maximum absolute atomic E-state index is 9.92. The third-order valence-electron chi connectivity index (χ3n) is 0.833. The van der Waals surface area contributed by atoms with Crippen molar-refractivity contribution in [2.24, 2.45) is 0 Å². The van der Waals surface area contributed by atoms with Crippen LogP contribution in [-0.2, 0) is 6.73 Å². The van der Waals surface area contributed by atoms with Crippen LogP contribution in [0.4, 0.5) is 5.95 Å². The Morgan fingerprint density at radius 3 is 2.90 bits per heavy atom. The molecule has 0 aromatic carbocycles. The Bertz CT molecular complexity index is 244. The first kappa shape index (κ1) is 6.62. The van der Waals surface area contributed by atoms with E-state index in [-0.39, 0.29) is 0 Å². The number of hydrogen-bond donors (Lipinski definition) is 1. The van der Waals surface area contributed by atoms with E-state index in [9.17, 15) is 10.1 Å². The predicted octanol–water partition coefficient (Wildman–Crippen LogP) is -0.864. The summed E-state index contributed by atoms with van der Waals surface area (Å²) in [6.45, 7) is -0.402. The van der Waals surface area contributed by atoms with Crippen LogP contribution in [0.2, 0.25) is 0 Å². The smallest absolute Gasteiger partial charge is 0.390 e. The minimum Gasteiger partial charge on any atom is -0.390 e. The number of nitrogens with zero attached hydrogens (tertiary/aromatic N) is 4. The number of aliphatic hydroxyl groups excluding tert-OH is 1. The van der Waals surface area contributed by atoms with Crippen LogP contribution in [0.5, 0.6) is 0 Å². The first-order valence-electron chi connectivity index (χ1n) is 2.38. The van der Waals surface area contributed by atoms with Crippen LogP contribution in [0.25, 0.3) is 0 Å². The Kier molecular flexibility index (Phi) is 1.59. The van der Waals surface area contributed by atoms with Crippen molar-refractivity contribution >= 4 is 5.95 Å². The quantitative estimate of drug-likeness (QED) is 0.430. The van der Waals surface area contributed by atoms with Gasteiger partial charge in [-0.3, -0.25) is 0 Å². The van der Waals surface area contributed by atoms with Gasteiger partial charge in [0.05, 0.1) is 0 Å². The van der Waals surface area contributed by atoms with E-state index in [1.165, 1.54) is 0 Å². The van der Waals surface area contributed by atoms with E-state index in [1.54, 1.807) is 0 Å². The molecule has 0 aliphatic heterocycles. The fourth-order valence-corrected chi connectivity index (χ4v) is 0.437. The highest BCUT2D eigenvalue weighted by molar-refractivity contribution is 4.96. The monoisotopic (exact) mass is 144 g/mol. The molecule has 10 heavy (non-hydrogen) atoms. The van der Waals surface area contributed by atoms with Gasteiger partial charge in [-0.05, 0) is 4.92 Å². The Balaban J connectivity index is 2.88.